The maximum absolute atomic E-state index is 13.3. The number of carbonyl (C=O) groups excluding carboxylic acids is 1. The van der Waals surface area contributed by atoms with Gasteiger partial charge in [-0.2, -0.15) is 0 Å². The van der Waals surface area contributed by atoms with Crippen molar-refractivity contribution in [3.05, 3.63) is 52.1 Å². The second-order valence-electron chi connectivity index (χ2n) is 7.00. The molecule has 0 spiro atoms. The Balaban J connectivity index is 1.49. The summed E-state index contributed by atoms with van der Waals surface area (Å²) < 4.78 is 18.4. The number of halogens is 1. The van der Waals surface area contributed by atoms with Crippen LogP contribution < -0.4 is 11.1 Å². The van der Waals surface area contributed by atoms with Gasteiger partial charge in [0.2, 0.25) is 11.8 Å². The van der Waals surface area contributed by atoms with Gasteiger partial charge < -0.3 is 9.73 Å². The zero-order valence-electron chi connectivity index (χ0n) is 14.3. The number of carbonyl (C=O) groups is 1. The minimum atomic E-state index is -0.546. The maximum atomic E-state index is 13.3. The van der Waals surface area contributed by atoms with Crippen molar-refractivity contribution in [2.24, 2.45) is 0 Å². The summed E-state index contributed by atoms with van der Waals surface area (Å²) in [4.78, 5) is 26.1. The van der Waals surface area contributed by atoms with Crippen LogP contribution in [0.25, 0.3) is 0 Å². The van der Waals surface area contributed by atoms with Gasteiger partial charge >= 0.3 is 5.76 Å². The molecule has 0 radical (unpaired) electrons. The van der Waals surface area contributed by atoms with Crippen molar-refractivity contribution in [2.45, 2.75) is 43.7 Å². The number of aromatic nitrogens is 2. The number of nitrogens with one attached hydrogen (secondary N) is 2. The summed E-state index contributed by atoms with van der Waals surface area (Å²) in [6, 6.07) is 5.94. The predicted molar refractivity (Wildman–Crippen MR) is 91.0 cm³/mol. The molecule has 26 heavy (non-hydrogen) atoms. The minimum Gasteiger partial charge on any atom is -0.392 e. The standard InChI is InChI=1S/C18H21FN4O3/c19-13-3-1-11(2-4-13)15(16(24)20-14-5-6-14)23-9-7-12(8-10-23)17-21-22-18(25)26-17/h1-4,12,14-15H,5-10H2,(H,20,24)(H,22,25). The van der Waals surface area contributed by atoms with E-state index in [9.17, 15) is 14.0 Å². The highest BCUT2D eigenvalue weighted by Gasteiger charge is 2.35. The summed E-state index contributed by atoms with van der Waals surface area (Å²) in [6.45, 7) is 1.34. The molecule has 1 aromatic carbocycles. The van der Waals surface area contributed by atoms with Crippen LogP contribution in [-0.4, -0.2) is 40.1 Å². The van der Waals surface area contributed by atoms with E-state index in [2.05, 4.69) is 20.4 Å². The van der Waals surface area contributed by atoms with Gasteiger partial charge in [-0.1, -0.05) is 12.1 Å². The molecule has 1 aliphatic heterocycles. The van der Waals surface area contributed by atoms with E-state index in [-0.39, 0.29) is 23.7 Å². The molecule has 2 N–H and O–H groups in total. The highest BCUT2D eigenvalue weighted by atomic mass is 19.1. The molecule has 1 unspecified atom stereocenters. The molecule has 7 nitrogen and oxygen atoms in total. The van der Waals surface area contributed by atoms with Crippen LogP contribution in [0.15, 0.2) is 33.5 Å². The minimum absolute atomic E-state index is 0.0381. The quantitative estimate of drug-likeness (QED) is 0.847. The Morgan fingerprint density at radius 3 is 2.50 bits per heavy atom. The first-order chi connectivity index (χ1) is 12.6. The Kier molecular flexibility index (Phi) is 4.58. The molecule has 0 bridgehead atoms. The smallest absolute Gasteiger partial charge is 0.392 e. The largest absolute Gasteiger partial charge is 0.434 e. The molecule has 1 atom stereocenters. The number of likely N-dealkylation sites (tertiary alicyclic amines) is 1. The number of nitrogens with zero attached hydrogens (tertiary/aromatic N) is 2. The summed E-state index contributed by atoms with van der Waals surface area (Å²) in [5.74, 6) is -0.414. The lowest BCUT2D eigenvalue weighted by Gasteiger charge is -2.36. The summed E-state index contributed by atoms with van der Waals surface area (Å²) in [7, 11) is 0. The number of benzene rings is 1. The number of hydrogen-bond donors (Lipinski definition) is 2. The second-order valence-corrected chi connectivity index (χ2v) is 7.00. The highest BCUT2D eigenvalue weighted by Crippen LogP contribution is 2.32. The SMILES string of the molecule is O=C(NC1CC1)C(c1ccc(F)cc1)N1CCC(c2n[nH]c(=O)o2)CC1. The number of piperidine rings is 1. The maximum Gasteiger partial charge on any atom is 0.434 e. The highest BCUT2D eigenvalue weighted by molar-refractivity contribution is 5.83. The molecule has 1 aliphatic carbocycles. The van der Waals surface area contributed by atoms with Gasteiger partial charge in [-0.15, -0.1) is 5.10 Å². The van der Waals surface area contributed by atoms with Crippen molar-refractivity contribution in [3.63, 3.8) is 0 Å². The Bertz CT molecular complexity index is 819. The zero-order chi connectivity index (χ0) is 18.1. The lowest BCUT2D eigenvalue weighted by molar-refractivity contribution is -0.127. The van der Waals surface area contributed by atoms with Crippen LogP contribution in [0.3, 0.4) is 0 Å². The van der Waals surface area contributed by atoms with Crippen LogP contribution in [0.5, 0.6) is 0 Å². The lowest BCUT2D eigenvalue weighted by atomic mass is 9.93. The first-order valence-electron chi connectivity index (χ1n) is 8.95. The van der Waals surface area contributed by atoms with Crippen molar-refractivity contribution < 1.29 is 13.6 Å². The third-order valence-electron chi connectivity index (χ3n) is 5.06. The van der Waals surface area contributed by atoms with Crippen LogP contribution in [-0.2, 0) is 4.79 Å². The molecule has 2 fully saturated rings. The van der Waals surface area contributed by atoms with E-state index >= 15 is 0 Å². The van der Waals surface area contributed by atoms with E-state index in [1.54, 1.807) is 12.1 Å². The monoisotopic (exact) mass is 360 g/mol. The predicted octanol–water partition coefficient (Wildman–Crippen LogP) is 1.70. The van der Waals surface area contributed by atoms with E-state index in [1.807, 2.05) is 0 Å². The van der Waals surface area contributed by atoms with Crippen LogP contribution >= 0.6 is 0 Å². The Labute approximate surface area is 149 Å². The number of amides is 1. The van der Waals surface area contributed by atoms with Gasteiger partial charge in [0.1, 0.15) is 11.9 Å². The molecule has 8 heteroatoms. The molecule has 4 rings (SSSR count). The molecule has 1 saturated heterocycles. The van der Waals surface area contributed by atoms with E-state index in [0.29, 0.717) is 19.0 Å². The van der Waals surface area contributed by atoms with Crippen molar-refractivity contribution in [2.75, 3.05) is 13.1 Å². The molecular weight excluding hydrogens is 339 g/mol. The van der Waals surface area contributed by atoms with Gasteiger partial charge in [0, 0.05) is 12.0 Å². The van der Waals surface area contributed by atoms with Gasteiger partial charge in [-0.05, 0) is 56.5 Å². The molecule has 2 aliphatic rings. The molecule has 2 aromatic rings. The Morgan fingerprint density at radius 2 is 1.92 bits per heavy atom. The van der Waals surface area contributed by atoms with Gasteiger partial charge in [-0.25, -0.2) is 14.3 Å². The van der Waals surface area contributed by atoms with Gasteiger partial charge in [-0.3, -0.25) is 9.69 Å². The summed E-state index contributed by atoms with van der Waals surface area (Å²) in [5, 5.41) is 9.27. The fourth-order valence-corrected chi connectivity index (χ4v) is 3.50. The van der Waals surface area contributed by atoms with Crippen molar-refractivity contribution in [1.82, 2.24) is 20.4 Å². The van der Waals surface area contributed by atoms with Crippen LogP contribution in [0.2, 0.25) is 0 Å². The molecule has 1 saturated carbocycles. The number of aromatic amines is 1. The Morgan fingerprint density at radius 1 is 1.23 bits per heavy atom. The normalized spacial score (nSPS) is 20.0. The third kappa shape index (κ3) is 3.70. The van der Waals surface area contributed by atoms with Crippen LogP contribution in [0.4, 0.5) is 4.39 Å². The average molecular weight is 360 g/mol. The van der Waals surface area contributed by atoms with E-state index < -0.39 is 11.8 Å². The molecule has 138 valence electrons. The average Bonchev–Trinajstić information content (AvgIpc) is 3.35. The van der Waals surface area contributed by atoms with Crippen LogP contribution in [0.1, 0.15) is 49.1 Å². The van der Waals surface area contributed by atoms with Crippen molar-refractivity contribution >= 4 is 5.91 Å². The van der Waals surface area contributed by atoms with E-state index in [4.69, 9.17) is 4.42 Å². The topological polar surface area (TPSA) is 91.2 Å². The lowest BCUT2D eigenvalue weighted by Crippen LogP contribution is -2.44. The van der Waals surface area contributed by atoms with E-state index in [1.165, 1.54) is 12.1 Å². The van der Waals surface area contributed by atoms with Gasteiger partial charge in [0.05, 0.1) is 0 Å². The summed E-state index contributed by atoms with van der Waals surface area (Å²) in [6.07, 6.45) is 3.51. The number of H-pyrrole nitrogens is 1. The van der Waals surface area contributed by atoms with Crippen LogP contribution in [0, 0.1) is 5.82 Å². The first-order valence-corrected chi connectivity index (χ1v) is 8.95. The molecule has 2 heterocycles. The third-order valence-corrected chi connectivity index (χ3v) is 5.06. The van der Waals surface area contributed by atoms with Crippen molar-refractivity contribution in [3.8, 4) is 0 Å². The molecule has 1 amide bonds. The first kappa shape index (κ1) is 17.0. The fourth-order valence-electron chi connectivity index (χ4n) is 3.50. The summed E-state index contributed by atoms with van der Waals surface area (Å²) >= 11 is 0. The van der Waals surface area contributed by atoms with Gasteiger partial charge in [0.15, 0.2) is 0 Å². The van der Waals surface area contributed by atoms with Crippen molar-refractivity contribution in [1.29, 1.82) is 0 Å². The summed E-state index contributed by atoms with van der Waals surface area (Å²) in [5.41, 5.74) is 0.786. The molecule has 1 aromatic heterocycles. The number of hydrogen-bond acceptors (Lipinski definition) is 5. The van der Waals surface area contributed by atoms with Gasteiger partial charge in [0.25, 0.3) is 0 Å². The van der Waals surface area contributed by atoms with E-state index in [0.717, 1.165) is 31.2 Å². The molecular formula is C18H21FN4O3. The number of rotatable bonds is 5. The zero-order valence-corrected chi connectivity index (χ0v) is 14.3. The fraction of sp³-hybridized carbons (Fsp3) is 0.500. The second kappa shape index (κ2) is 7.03. The Hall–Kier alpha value is -2.48.